The van der Waals surface area contributed by atoms with Gasteiger partial charge in [-0.25, -0.2) is 0 Å². The predicted molar refractivity (Wildman–Crippen MR) is 139 cm³/mol. The zero-order valence-electron chi connectivity index (χ0n) is 20.5. The van der Waals surface area contributed by atoms with Crippen molar-refractivity contribution < 1.29 is 9.47 Å². The van der Waals surface area contributed by atoms with Crippen LogP contribution in [0.3, 0.4) is 0 Å². The molecular formula is C29H34N4O2. The molecule has 6 heteroatoms. The van der Waals surface area contributed by atoms with Gasteiger partial charge in [0.2, 0.25) is 0 Å². The third-order valence-corrected chi connectivity index (χ3v) is 8.28. The van der Waals surface area contributed by atoms with Crippen LogP contribution in [0.25, 0.3) is 10.9 Å². The number of aryl methyl sites for hydroxylation is 1. The van der Waals surface area contributed by atoms with E-state index in [2.05, 4.69) is 64.2 Å². The third kappa shape index (κ3) is 4.28. The molecule has 0 radical (unpaired) electrons. The number of anilines is 2. The van der Waals surface area contributed by atoms with E-state index in [1.54, 1.807) is 0 Å². The van der Waals surface area contributed by atoms with Crippen molar-refractivity contribution in [3.63, 3.8) is 0 Å². The molecule has 0 spiro atoms. The van der Waals surface area contributed by atoms with Gasteiger partial charge < -0.3 is 24.3 Å². The summed E-state index contributed by atoms with van der Waals surface area (Å²) in [6.45, 7) is 7.78. The molecule has 3 aromatic rings. The Balaban J connectivity index is 1.07. The Morgan fingerprint density at radius 1 is 0.886 bits per heavy atom. The largest absolute Gasteiger partial charge is 0.372 e. The van der Waals surface area contributed by atoms with Crippen LogP contribution in [0.5, 0.6) is 0 Å². The predicted octanol–water partition coefficient (Wildman–Crippen LogP) is 5.32. The number of nitrogens with one attached hydrogen (secondary N) is 1. The lowest BCUT2D eigenvalue weighted by Crippen LogP contribution is -2.38. The smallest absolute Gasteiger partial charge is 0.160 e. The normalized spacial score (nSPS) is 20.6. The summed E-state index contributed by atoms with van der Waals surface area (Å²) >= 11 is 0. The van der Waals surface area contributed by atoms with Crippen LogP contribution in [0.4, 0.5) is 11.4 Å². The SMILES string of the molecule is Cc1ccc(N2CCC(c3ccc(N4CCC(C5OCCO5)CC4)cc3)CC2)c2[nH]cc(C#N)c12. The van der Waals surface area contributed by atoms with E-state index in [1.807, 2.05) is 6.20 Å². The molecule has 2 aromatic carbocycles. The molecule has 1 N–H and O–H groups in total. The second-order valence-corrected chi connectivity index (χ2v) is 10.3. The Kier molecular flexibility index (Phi) is 6.13. The molecule has 6 rings (SSSR count). The van der Waals surface area contributed by atoms with Crippen molar-refractivity contribution in [3.05, 3.63) is 59.3 Å². The van der Waals surface area contributed by atoms with Crippen LogP contribution >= 0.6 is 0 Å². The zero-order chi connectivity index (χ0) is 23.8. The number of aromatic nitrogens is 1. The number of rotatable bonds is 4. The minimum Gasteiger partial charge on any atom is -0.372 e. The Hall–Kier alpha value is -3.01. The van der Waals surface area contributed by atoms with Crippen LogP contribution < -0.4 is 9.80 Å². The number of benzene rings is 2. The van der Waals surface area contributed by atoms with Crippen molar-refractivity contribution in [2.45, 2.75) is 44.8 Å². The summed E-state index contributed by atoms with van der Waals surface area (Å²) in [5, 5.41) is 10.5. The number of fused-ring (bicyclic) bond motifs is 1. The van der Waals surface area contributed by atoms with E-state index in [-0.39, 0.29) is 6.29 Å². The number of hydrogen-bond donors (Lipinski definition) is 1. The minimum atomic E-state index is 0.0202. The van der Waals surface area contributed by atoms with Gasteiger partial charge in [-0.05, 0) is 67.9 Å². The summed E-state index contributed by atoms with van der Waals surface area (Å²) in [4.78, 5) is 8.35. The van der Waals surface area contributed by atoms with Gasteiger partial charge in [-0.1, -0.05) is 18.2 Å². The van der Waals surface area contributed by atoms with Crippen molar-refractivity contribution >= 4 is 22.3 Å². The maximum absolute atomic E-state index is 9.47. The highest BCUT2D eigenvalue weighted by atomic mass is 16.7. The Morgan fingerprint density at radius 2 is 1.57 bits per heavy atom. The van der Waals surface area contributed by atoms with Gasteiger partial charge in [0.15, 0.2) is 6.29 Å². The fourth-order valence-corrected chi connectivity index (χ4v) is 6.25. The molecule has 3 aliphatic heterocycles. The first-order valence-corrected chi connectivity index (χ1v) is 13.0. The maximum atomic E-state index is 9.47. The Labute approximate surface area is 207 Å². The number of ether oxygens (including phenoxy) is 2. The highest BCUT2D eigenvalue weighted by Crippen LogP contribution is 2.36. The molecule has 3 fully saturated rings. The number of piperidine rings is 2. The molecule has 0 unspecified atom stereocenters. The average molecular weight is 471 g/mol. The van der Waals surface area contributed by atoms with Gasteiger partial charge in [-0.2, -0.15) is 5.26 Å². The quantitative estimate of drug-likeness (QED) is 0.559. The van der Waals surface area contributed by atoms with Gasteiger partial charge in [0, 0.05) is 49.4 Å². The van der Waals surface area contributed by atoms with E-state index in [4.69, 9.17) is 9.47 Å². The molecule has 0 amide bonds. The van der Waals surface area contributed by atoms with Gasteiger partial charge in [0.05, 0.1) is 30.0 Å². The van der Waals surface area contributed by atoms with Crippen molar-refractivity contribution in [2.24, 2.45) is 5.92 Å². The van der Waals surface area contributed by atoms with Crippen LogP contribution in [0.1, 0.15) is 48.3 Å². The first kappa shape index (κ1) is 22.5. The fourth-order valence-electron chi connectivity index (χ4n) is 6.25. The van der Waals surface area contributed by atoms with Crippen LogP contribution in [-0.4, -0.2) is 50.7 Å². The first-order chi connectivity index (χ1) is 17.2. The van der Waals surface area contributed by atoms with Gasteiger partial charge in [-0.3, -0.25) is 0 Å². The van der Waals surface area contributed by atoms with Gasteiger partial charge in [0.1, 0.15) is 6.07 Å². The average Bonchev–Trinajstić information content (AvgIpc) is 3.61. The number of hydrogen-bond acceptors (Lipinski definition) is 5. The molecule has 3 aliphatic rings. The van der Waals surface area contributed by atoms with Crippen LogP contribution in [-0.2, 0) is 9.47 Å². The van der Waals surface area contributed by atoms with Gasteiger partial charge >= 0.3 is 0 Å². The molecule has 0 atom stereocenters. The highest BCUT2D eigenvalue weighted by Gasteiger charge is 2.30. The molecule has 4 heterocycles. The van der Waals surface area contributed by atoms with E-state index in [0.29, 0.717) is 11.8 Å². The number of nitriles is 1. The van der Waals surface area contributed by atoms with Crippen LogP contribution in [0.15, 0.2) is 42.6 Å². The van der Waals surface area contributed by atoms with E-state index < -0.39 is 0 Å². The molecule has 0 saturated carbocycles. The van der Waals surface area contributed by atoms with Crippen LogP contribution in [0, 0.1) is 24.2 Å². The van der Waals surface area contributed by atoms with Crippen LogP contribution in [0.2, 0.25) is 0 Å². The van der Waals surface area contributed by atoms with Crippen molar-refractivity contribution in [1.82, 2.24) is 4.98 Å². The summed E-state index contributed by atoms with van der Waals surface area (Å²) in [5.41, 5.74) is 6.99. The molecule has 182 valence electrons. The summed E-state index contributed by atoms with van der Waals surface area (Å²) in [7, 11) is 0. The molecule has 0 aliphatic carbocycles. The lowest BCUT2D eigenvalue weighted by atomic mass is 9.88. The molecule has 0 bridgehead atoms. The van der Waals surface area contributed by atoms with Crippen molar-refractivity contribution in [1.29, 1.82) is 5.26 Å². The number of nitrogens with zero attached hydrogens (tertiary/aromatic N) is 3. The second-order valence-electron chi connectivity index (χ2n) is 10.3. The monoisotopic (exact) mass is 470 g/mol. The molecule has 3 saturated heterocycles. The maximum Gasteiger partial charge on any atom is 0.160 e. The summed E-state index contributed by atoms with van der Waals surface area (Å²) in [5.74, 6) is 1.13. The second kappa shape index (κ2) is 9.56. The Bertz CT molecular complexity index is 1210. The van der Waals surface area contributed by atoms with Gasteiger partial charge in [-0.15, -0.1) is 0 Å². The van der Waals surface area contributed by atoms with E-state index in [0.717, 1.165) is 87.1 Å². The lowest BCUT2D eigenvalue weighted by Gasteiger charge is -2.36. The first-order valence-electron chi connectivity index (χ1n) is 13.0. The molecule has 35 heavy (non-hydrogen) atoms. The van der Waals surface area contributed by atoms with E-state index >= 15 is 0 Å². The van der Waals surface area contributed by atoms with E-state index in [9.17, 15) is 5.26 Å². The van der Waals surface area contributed by atoms with Crippen molar-refractivity contribution in [3.8, 4) is 6.07 Å². The number of aromatic amines is 1. The molecular weight excluding hydrogens is 436 g/mol. The Morgan fingerprint density at radius 3 is 2.26 bits per heavy atom. The summed E-state index contributed by atoms with van der Waals surface area (Å²) < 4.78 is 11.5. The third-order valence-electron chi connectivity index (χ3n) is 8.28. The standard InChI is InChI=1S/C29H34N4O2/c1-20-2-7-26(28-27(20)24(18-30)19-31-28)33-14-8-22(9-15-33)21-3-5-25(6-4-21)32-12-10-23(11-13-32)29-34-16-17-35-29/h2-7,19,22-23,29,31H,8-17H2,1H3. The van der Waals surface area contributed by atoms with Gasteiger partial charge in [0.25, 0.3) is 0 Å². The topological polar surface area (TPSA) is 64.5 Å². The zero-order valence-corrected chi connectivity index (χ0v) is 20.5. The fraction of sp³-hybridized carbons (Fsp3) is 0.483. The number of H-pyrrole nitrogens is 1. The summed E-state index contributed by atoms with van der Waals surface area (Å²) in [6.07, 6.45) is 6.42. The summed E-state index contributed by atoms with van der Waals surface area (Å²) in [6, 6.07) is 16.0. The molecule has 1 aromatic heterocycles. The van der Waals surface area contributed by atoms with Crippen molar-refractivity contribution in [2.75, 3.05) is 49.2 Å². The molecule has 6 nitrogen and oxygen atoms in total. The minimum absolute atomic E-state index is 0.0202. The highest BCUT2D eigenvalue weighted by molar-refractivity contribution is 5.97. The lowest BCUT2D eigenvalue weighted by molar-refractivity contribution is -0.0889. The van der Waals surface area contributed by atoms with E-state index in [1.165, 1.54) is 16.9 Å².